The van der Waals surface area contributed by atoms with Gasteiger partial charge in [-0.15, -0.1) is 0 Å². The maximum absolute atomic E-state index is 9.62. The number of hydrogen-bond donors (Lipinski definition) is 2. The van der Waals surface area contributed by atoms with E-state index >= 15 is 0 Å². The van der Waals surface area contributed by atoms with E-state index in [9.17, 15) is 5.11 Å². The van der Waals surface area contributed by atoms with Crippen LogP contribution in [0.2, 0.25) is 0 Å². The molecule has 0 bridgehead atoms. The summed E-state index contributed by atoms with van der Waals surface area (Å²) in [6.07, 6.45) is 10.4. The largest absolute Gasteiger partial charge is 0.396 e. The summed E-state index contributed by atoms with van der Waals surface area (Å²) in [5.74, 6) is 0. The van der Waals surface area contributed by atoms with Crippen LogP contribution in [-0.4, -0.2) is 49.3 Å². The first-order valence-electron chi connectivity index (χ1n) is 7.89. The minimum absolute atomic E-state index is 0.200. The van der Waals surface area contributed by atoms with Gasteiger partial charge in [-0.25, -0.2) is 0 Å². The van der Waals surface area contributed by atoms with Crippen LogP contribution in [0, 0.1) is 5.41 Å². The quantitative estimate of drug-likeness (QED) is 0.682. The maximum atomic E-state index is 9.62. The van der Waals surface area contributed by atoms with Crippen LogP contribution in [0.1, 0.15) is 51.4 Å². The number of rotatable bonds is 7. The van der Waals surface area contributed by atoms with Crippen molar-refractivity contribution in [2.45, 2.75) is 51.4 Å². The average Bonchev–Trinajstić information content (AvgIpc) is 2.93. The molecule has 1 saturated heterocycles. The smallest absolute Gasteiger partial charge is 0.0499 e. The van der Waals surface area contributed by atoms with Crippen LogP contribution in [0.5, 0.6) is 0 Å². The molecule has 2 aliphatic rings. The summed E-state index contributed by atoms with van der Waals surface area (Å²) in [5.41, 5.74) is 0.200. The van der Waals surface area contributed by atoms with Crippen molar-refractivity contribution in [3.8, 4) is 0 Å². The van der Waals surface area contributed by atoms with Crippen LogP contribution < -0.4 is 5.32 Å². The number of aliphatic hydroxyl groups is 1. The van der Waals surface area contributed by atoms with Crippen molar-refractivity contribution in [1.82, 2.24) is 10.2 Å². The van der Waals surface area contributed by atoms with Gasteiger partial charge in [-0.1, -0.05) is 19.3 Å². The summed E-state index contributed by atoms with van der Waals surface area (Å²) in [5, 5.41) is 13.2. The molecule has 0 spiro atoms. The van der Waals surface area contributed by atoms with Crippen LogP contribution in [0.25, 0.3) is 0 Å². The van der Waals surface area contributed by atoms with Crippen molar-refractivity contribution < 1.29 is 5.11 Å². The third-order valence-corrected chi connectivity index (χ3v) is 4.78. The molecule has 0 aromatic carbocycles. The lowest BCUT2D eigenvalue weighted by Gasteiger charge is -2.35. The second-order valence-corrected chi connectivity index (χ2v) is 6.30. The Labute approximate surface area is 112 Å². The molecule has 1 saturated carbocycles. The molecule has 2 N–H and O–H groups in total. The molecule has 3 nitrogen and oxygen atoms in total. The molecule has 1 heterocycles. The zero-order valence-corrected chi connectivity index (χ0v) is 11.8. The molecule has 0 unspecified atom stereocenters. The number of nitrogens with zero attached hydrogens (tertiary/aromatic N) is 1. The second kappa shape index (κ2) is 7.46. The lowest BCUT2D eigenvalue weighted by atomic mass is 9.74. The normalized spacial score (nSPS) is 24.5. The molecule has 0 aromatic rings. The summed E-state index contributed by atoms with van der Waals surface area (Å²) >= 11 is 0. The molecule has 0 radical (unpaired) electrons. The first-order valence-corrected chi connectivity index (χ1v) is 7.89. The summed E-state index contributed by atoms with van der Waals surface area (Å²) in [7, 11) is 0. The predicted octanol–water partition coefficient (Wildman–Crippen LogP) is 2.00. The lowest BCUT2D eigenvalue weighted by Crippen LogP contribution is -2.39. The van der Waals surface area contributed by atoms with Crippen molar-refractivity contribution in [3.05, 3.63) is 0 Å². The fraction of sp³-hybridized carbons (Fsp3) is 1.00. The van der Waals surface area contributed by atoms with Crippen LogP contribution in [0.3, 0.4) is 0 Å². The van der Waals surface area contributed by atoms with Gasteiger partial charge in [0.15, 0.2) is 0 Å². The highest BCUT2D eigenvalue weighted by Crippen LogP contribution is 2.35. The van der Waals surface area contributed by atoms with E-state index < -0.39 is 0 Å². The van der Waals surface area contributed by atoms with Gasteiger partial charge in [0.2, 0.25) is 0 Å². The Morgan fingerprint density at radius 1 is 1.00 bits per heavy atom. The Morgan fingerprint density at radius 2 is 1.72 bits per heavy atom. The van der Waals surface area contributed by atoms with Crippen molar-refractivity contribution in [3.63, 3.8) is 0 Å². The monoisotopic (exact) mass is 254 g/mol. The Balaban J connectivity index is 1.55. The molecular formula is C15H30N2O. The van der Waals surface area contributed by atoms with Gasteiger partial charge in [-0.05, 0) is 58.3 Å². The van der Waals surface area contributed by atoms with Gasteiger partial charge in [-0.2, -0.15) is 0 Å². The fourth-order valence-electron chi connectivity index (χ4n) is 3.48. The standard InChI is InChI=1S/C15H30N2O/c18-14-15(7-2-1-3-8-15)13-16-9-6-12-17-10-4-5-11-17/h16,18H,1-14H2. The van der Waals surface area contributed by atoms with E-state index in [2.05, 4.69) is 10.2 Å². The van der Waals surface area contributed by atoms with Crippen LogP contribution in [0.15, 0.2) is 0 Å². The molecule has 3 heteroatoms. The third kappa shape index (κ3) is 4.22. The van der Waals surface area contributed by atoms with Gasteiger partial charge in [0.25, 0.3) is 0 Å². The molecule has 0 aromatic heterocycles. The summed E-state index contributed by atoms with van der Waals surface area (Å²) < 4.78 is 0. The summed E-state index contributed by atoms with van der Waals surface area (Å²) in [6, 6.07) is 0. The highest BCUT2D eigenvalue weighted by molar-refractivity contribution is 4.84. The van der Waals surface area contributed by atoms with E-state index in [1.807, 2.05) is 0 Å². The van der Waals surface area contributed by atoms with Gasteiger partial charge in [0.1, 0.15) is 0 Å². The Bertz CT molecular complexity index is 221. The van der Waals surface area contributed by atoms with E-state index in [0.717, 1.165) is 13.1 Å². The van der Waals surface area contributed by atoms with Gasteiger partial charge < -0.3 is 15.3 Å². The van der Waals surface area contributed by atoms with E-state index in [1.54, 1.807) is 0 Å². The van der Waals surface area contributed by atoms with E-state index in [4.69, 9.17) is 0 Å². The minimum Gasteiger partial charge on any atom is -0.396 e. The number of hydrogen-bond acceptors (Lipinski definition) is 3. The first-order chi connectivity index (χ1) is 8.85. The number of nitrogens with one attached hydrogen (secondary N) is 1. The lowest BCUT2D eigenvalue weighted by molar-refractivity contribution is 0.0813. The van der Waals surface area contributed by atoms with Gasteiger partial charge in [-0.3, -0.25) is 0 Å². The van der Waals surface area contributed by atoms with Crippen LogP contribution >= 0.6 is 0 Å². The Hall–Kier alpha value is -0.120. The Kier molecular flexibility index (Phi) is 5.93. The summed E-state index contributed by atoms with van der Waals surface area (Å²) in [4.78, 5) is 2.57. The molecule has 2 rings (SSSR count). The zero-order chi connectivity index (χ0) is 12.7. The van der Waals surface area contributed by atoms with E-state index in [-0.39, 0.29) is 5.41 Å². The molecule has 18 heavy (non-hydrogen) atoms. The van der Waals surface area contributed by atoms with E-state index in [0.29, 0.717) is 6.61 Å². The minimum atomic E-state index is 0.200. The molecule has 106 valence electrons. The van der Waals surface area contributed by atoms with Crippen molar-refractivity contribution in [1.29, 1.82) is 0 Å². The molecule has 1 aliphatic heterocycles. The van der Waals surface area contributed by atoms with Gasteiger partial charge in [0, 0.05) is 18.6 Å². The second-order valence-electron chi connectivity index (χ2n) is 6.30. The van der Waals surface area contributed by atoms with Crippen molar-refractivity contribution in [2.24, 2.45) is 5.41 Å². The third-order valence-electron chi connectivity index (χ3n) is 4.78. The maximum Gasteiger partial charge on any atom is 0.0499 e. The van der Waals surface area contributed by atoms with Crippen molar-refractivity contribution >= 4 is 0 Å². The number of likely N-dealkylation sites (tertiary alicyclic amines) is 1. The Morgan fingerprint density at radius 3 is 2.39 bits per heavy atom. The average molecular weight is 254 g/mol. The molecular weight excluding hydrogens is 224 g/mol. The molecule has 1 aliphatic carbocycles. The zero-order valence-electron chi connectivity index (χ0n) is 11.8. The highest BCUT2D eigenvalue weighted by Gasteiger charge is 2.30. The van der Waals surface area contributed by atoms with Crippen LogP contribution in [0.4, 0.5) is 0 Å². The summed E-state index contributed by atoms with van der Waals surface area (Å²) in [6.45, 7) is 6.36. The first kappa shape index (κ1) is 14.3. The van der Waals surface area contributed by atoms with Crippen LogP contribution in [-0.2, 0) is 0 Å². The van der Waals surface area contributed by atoms with Gasteiger partial charge in [0.05, 0.1) is 0 Å². The molecule has 0 amide bonds. The SMILES string of the molecule is OCC1(CNCCCN2CCCC2)CCCCC1. The topological polar surface area (TPSA) is 35.5 Å². The highest BCUT2D eigenvalue weighted by atomic mass is 16.3. The van der Waals surface area contributed by atoms with Gasteiger partial charge >= 0.3 is 0 Å². The molecule has 2 fully saturated rings. The predicted molar refractivity (Wildman–Crippen MR) is 75.8 cm³/mol. The van der Waals surface area contributed by atoms with Crippen molar-refractivity contribution in [2.75, 3.05) is 39.3 Å². The van der Waals surface area contributed by atoms with E-state index in [1.165, 1.54) is 71.0 Å². The fourth-order valence-corrected chi connectivity index (χ4v) is 3.48. The molecule has 0 atom stereocenters. The number of aliphatic hydroxyl groups excluding tert-OH is 1.